The van der Waals surface area contributed by atoms with Crippen LogP contribution < -0.4 is 0 Å². The molecule has 5 heteroatoms. The molecule has 0 radical (unpaired) electrons. The van der Waals surface area contributed by atoms with Gasteiger partial charge in [-0.25, -0.2) is 12.7 Å². The lowest BCUT2D eigenvalue weighted by atomic mass is 9.89. The van der Waals surface area contributed by atoms with Gasteiger partial charge in [0.1, 0.15) is 0 Å². The van der Waals surface area contributed by atoms with Crippen LogP contribution in [0.25, 0.3) is 0 Å². The van der Waals surface area contributed by atoms with Crippen LogP contribution in [-0.2, 0) is 10.0 Å². The van der Waals surface area contributed by atoms with Crippen molar-refractivity contribution in [3.63, 3.8) is 0 Å². The Morgan fingerprint density at radius 3 is 2.41 bits per heavy atom. The minimum atomic E-state index is -3.43. The minimum Gasteiger partial charge on any atom is -0.211 e. The summed E-state index contributed by atoms with van der Waals surface area (Å²) in [6.07, 6.45) is 6.25. The minimum absolute atomic E-state index is 0.355. The molecule has 0 saturated heterocycles. The van der Waals surface area contributed by atoms with Crippen molar-refractivity contribution in [2.75, 3.05) is 13.6 Å². The summed E-state index contributed by atoms with van der Waals surface area (Å²) in [5, 5.41) is 7.97. The van der Waals surface area contributed by atoms with E-state index in [1.807, 2.05) is 6.07 Å². The molecule has 98 valence electrons. The van der Waals surface area contributed by atoms with Crippen molar-refractivity contribution in [1.29, 1.82) is 5.26 Å². The molecule has 1 unspecified atom stereocenters. The Kier molecular flexibility index (Phi) is 5.41. The van der Waals surface area contributed by atoms with Gasteiger partial charge in [-0.3, -0.25) is 0 Å². The summed E-state index contributed by atoms with van der Waals surface area (Å²) in [6.45, 7) is 2.31. The lowest BCUT2D eigenvalue weighted by molar-refractivity contribution is 0.299. The molecule has 0 spiro atoms. The second-order valence-electron chi connectivity index (χ2n) is 4.86. The predicted octanol–water partition coefficient (Wildman–Crippen LogP) is 2.13. The van der Waals surface area contributed by atoms with E-state index < -0.39 is 15.3 Å². The summed E-state index contributed by atoms with van der Waals surface area (Å²) < 4.78 is 25.5. The number of sulfonamides is 1. The maximum atomic E-state index is 12.1. The molecule has 1 aliphatic carbocycles. The first-order valence-corrected chi connectivity index (χ1v) is 7.87. The fourth-order valence-corrected chi connectivity index (χ4v) is 3.83. The maximum Gasteiger partial charge on any atom is 0.230 e. The molecule has 0 heterocycles. The predicted molar refractivity (Wildman–Crippen MR) is 67.8 cm³/mol. The van der Waals surface area contributed by atoms with Crippen LogP contribution in [0.2, 0.25) is 0 Å². The van der Waals surface area contributed by atoms with Gasteiger partial charge in [-0.1, -0.05) is 26.2 Å². The summed E-state index contributed by atoms with van der Waals surface area (Å²) in [6, 6.07) is 1.88. The van der Waals surface area contributed by atoms with E-state index in [1.54, 1.807) is 14.0 Å². The second-order valence-corrected chi connectivity index (χ2v) is 7.08. The van der Waals surface area contributed by atoms with E-state index in [2.05, 4.69) is 0 Å². The summed E-state index contributed by atoms with van der Waals surface area (Å²) in [5.74, 6) is 0.472. The molecule has 1 atom stereocenters. The van der Waals surface area contributed by atoms with Crippen LogP contribution in [0.15, 0.2) is 0 Å². The highest BCUT2D eigenvalue weighted by Crippen LogP contribution is 2.25. The lowest BCUT2D eigenvalue weighted by Crippen LogP contribution is -2.38. The smallest absolute Gasteiger partial charge is 0.211 e. The monoisotopic (exact) mass is 258 g/mol. The highest BCUT2D eigenvalue weighted by Gasteiger charge is 2.30. The van der Waals surface area contributed by atoms with Crippen molar-refractivity contribution in [3.8, 4) is 6.07 Å². The molecule has 17 heavy (non-hydrogen) atoms. The average Bonchev–Trinajstić information content (AvgIpc) is 2.31. The zero-order valence-corrected chi connectivity index (χ0v) is 11.5. The van der Waals surface area contributed by atoms with Gasteiger partial charge in [0.2, 0.25) is 10.0 Å². The number of hydrogen-bond acceptors (Lipinski definition) is 3. The van der Waals surface area contributed by atoms with Crippen molar-refractivity contribution in [1.82, 2.24) is 4.31 Å². The van der Waals surface area contributed by atoms with E-state index in [0.717, 1.165) is 12.8 Å². The van der Waals surface area contributed by atoms with E-state index in [4.69, 9.17) is 5.26 Å². The Hall–Kier alpha value is -0.600. The molecule has 4 nitrogen and oxygen atoms in total. The van der Waals surface area contributed by atoms with Crippen LogP contribution in [0.5, 0.6) is 0 Å². The van der Waals surface area contributed by atoms with Crippen molar-refractivity contribution in [3.05, 3.63) is 0 Å². The van der Waals surface area contributed by atoms with E-state index in [-0.39, 0.29) is 0 Å². The van der Waals surface area contributed by atoms with Crippen LogP contribution in [0.4, 0.5) is 0 Å². The van der Waals surface area contributed by atoms with E-state index in [9.17, 15) is 8.42 Å². The summed E-state index contributed by atoms with van der Waals surface area (Å²) in [4.78, 5) is 0. The zero-order chi connectivity index (χ0) is 12.9. The van der Waals surface area contributed by atoms with E-state index >= 15 is 0 Å². The molecular formula is C12H22N2O2S. The van der Waals surface area contributed by atoms with E-state index in [1.165, 1.54) is 23.6 Å². The molecule has 0 aromatic carbocycles. The van der Waals surface area contributed by atoms with Crippen molar-refractivity contribution >= 4 is 10.0 Å². The summed E-state index contributed by atoms with van der Waals surface area (Å²) in [7, 11) is -1.83. The molecule has 1 rings (SSSR count). The molecule has 0 N–H and O–H groups in total. The molecule has 1 fully saturated rings. The molecule has 0 aromatic heterocycles. The van der Waals surface area contributed by atoms with Gasteiger partial charge in [-0.15, -0.1) is 0 Å². The van der Waals surface area contributed by atoms with Gasteiger partial charge >= 0.3 is 0 Å². The third-order valence-electron chi connectivity index (χ3n) is 3.55. The fourth-order valence-electron chi connectivity index (χ4n) is 2.42. The molecule has 0 aliphatic heterocycles. The first-order valence-electron chi connectivity index (χ1n) is 6.37. The van der Waals surface area contributed by atoms with Crippen LogP contribution in [0, 0.1) is 17.2 Å². The molecule has 0 amide bonds. The van der Waals surface area contributed by atoms with Gasteiger partial charge in [0, 0.05) is 13.6 Å². The maximum absolute atomic E-state index is 12.1. The number of nitriles is 1. The van der Waals surface area contributed by atoms with Crippen molar-refractivity contribution in [2.45, 2.75) is 50.7 Å². The first-order chi connectivity index (χ1) is 8.02. The zero-order valence-electron chi connectivity index (χ0n) is 10.7. The summed E-state index contributed by atoms with van der Waals surface area (Å²) in [5.41, 5.74) is 0. The van der Waals surface area contributed by atoms with Crippen LogP contribution >= 0.6 is 0 Å². The standard InChI is InChI=1S/C12H22N2O2S/c1-3-12(9-13)17(15,16)14(2)10-11-7-5-4-6-8-11/h11-12H,3-8,10H2,1-2H3. The van der Waals surface area contributed by atoms with Gasteiger partial charge in [-0.2, -0.15) is 5.26 Å². The average molecular weight is 258 g/mol. The third kappa shape index (κ3) is 3.68. The third-order valence-corrected chi connectivity index (χ3v) is 5.72. The summed E-state index contributed by atoms with van der Waals surface area (Å²) >= 11 is 0. The molecule has 1 saturated carbocycles. The van der Waals surface area contributed by atoms with Gasteiger partial charge in [0.05, 0.1) is 6.07 Å². The van der Waals surface area contributed by atoms with E-state index in [0.29, 0.717) is 18.9 Å². The molecule has 1 aliphatic rings. The van der Waals surface area contributed by atoms with Gasteiger partial charge in [0.25, 0.3) is 0 Å². The van der Waals surface area contributed by atoms with Crippen LogP contribution in [0.3, 0.4) is 0 Å². The number of hydrogen-bond donors (Lipinski definition) is 0. The second kappa shape index (κ2) is 6.36. The Bertz CT molecular complexity index is 366. The van der Waals surface area contributed by atoms with Gasteiger partial charge in [0.15, 0.2) is 5.25 Å². The van der Waals surface area contributed by atoms with Crippen molar-refractivity contribution < 1.29 is 8.42 Å². The fraction of sp³-hybridized carbons (Fsp3) is 0.917. The Morgan fingerprint density at radius 1 is 1.35 bits per heavy atom. The topological polar surface area (TPSA) is 61.2 Å². The number of rotatable bonds is 5. The van der Waals surface area contributed by atoms with Crippen LogP contribution in [0.1, 0.15) is 45.4 Å². The van der Waals surface area contributed by atoms with Gasteiger partial charge < -0.3 is 0 Å². The SMILES string of the molecule is CCC(C#N)S(=O)(=O)N(C)CC1CCCCC1. The normalized spacial score (nSPS) is 20.1. The Labute approximate surface area is 105 Å². The molecule has 0 aromatic rings. The molecule has 0 bridgehead atoms. The highest BCUT2D eigenvalue weighted by atomic mass is 32.2. The van der Waals surface area contributed by atoms with Crippen LogP contribution in [-0.4, -0.2) is 31.6 Å². The quantitative estimate of drug-likeness (QED) is 0.759. The lowest BCUT2D eigenvalue weighted by Gasteiger charge is -2.27. The molecular weight excluding hydrogens is 236 g/mol. The Morgan fingerprint density at radius 2 is 1.94 bits per heavy atom. The first kappa shape index (κ1) is 14.5. The number of nitrogens with zero attached hydrogens (tertiary/aromatic N) is 2. The highest BCUT2D eigenvalue weighted by molar-refractivity contribution is 7.89. The van der Waals surface area contributed by atoms with Gasteiger partial charge in [-0.05, 0) is 25.2 Å². The van der Waals surface area contributed by atoms with Crippen molar-refractivity contribution in [2.24, 2.45) is 5.92 Å². The Balaban J connectivity index is 2.62. The largest absolute Gasteiger partial charge is 0.230 e.